The summed E-state index contributed by atoms with van der Waals surface area (Å²) in [5.41, 5.74) is 1.32. The van der Waals surface area contributed by atoms with Gasteiger partial charge in [0.15, 0.2) is 0 Å². The first-order valence-corrected chi connectivity index (χ1v) is 9.04. The van der Waals surface area contributed by atoms with Crippen LogP contribution in [0, 0.1) is 17.8 Å². The molecular formula is C20H30O. The van der Waals surface area contributed by atoms with E-state index in [-0.39, 0.29) is 0 Å². The molecule has 1 nitrogen and oxygen atoms in total. The van der Waals surface area contributed by atoms with Crippen LogP contribution in [-0.2, 0) is 11.3 Å². The molecule has 2 saturated carbocycles. The molecule has 3 rings (SSSR count). The minimum atomic E-state index is 0.504. The fourth-order valence-corrected chi connectivity index (χ4v) is 4.74. The quantitative estimate of drug-likeness (QED) is 0.685. The molecule has 0 aromatic heterocycles. The first-order valence-electron chi connectivity index (χ1n) is 9.04. The number of rotatable bonds is 5. The summed E-state index contributed by atoms with van der Waals surface area (Å²) in [7, 11) is 0. The van der Waals surface area contributed by atoms with E-state index in [9.17, 15) is 0 Å². The van der Waals surface area contributed by atoms with Crippen LogP contribution in [0.15, 0.2) is 30.3 Å². The van der Waals surface area contributed by atoms with Gasteiger partial charge >= 0.3 is 0 Å². The van der Waals surface area contributed by atoms with Crippen LogP contribution in [0.3, 0.4) is 0 Å². The summed E-state index contributed by atoms with van der Waals surface area (Å²) < 4.78 is 6.38. The molecule has 0 spiro atoms. The van der Waals surface area contributed by atoms with Crippen molar-refractivity contribution in [1.82, 2.24) is 0 Å². The van der Waals surface area contributed by atoms with Crippen LogP contribution in [-0.4, -0.2) is 6.10 Å². The van der Waals surface area contributed by atoms with Gasteiger partial charge in [0.05, 0.1) is 12.7 Å². The minimum Gasteiger partial charge on any atom is -0.373 e. The van der Waals surface area contributed by atoms with Crippen LogP contribution in [0.25, 0.3) is 0 Å². The van der Waals surface area contributed by atoms with Crippen molar-refractivity contribution in [2.75, 3.05) is 0 Å². The topological polar surface area (TPSA) is 9.23 Å². The third-order valence-electron chi connectivity index (χ3n) is 5.75. The molecule has 0 amide bonds. The molecule has 0 aliphatic heterocycles. The molecule has 2 aliphatic rings. The van der Waals surface area contributed by atoms with Gasteiger partial charge in [-0.1, -0.05) is 62.9 Å². The molecule has 1 heteroatoms. The van der Waals surface area contributed by atoms with Gasteiger partial charge in [0, 0.05) is 0 Å². The molecule has 116 valence electrons. The second-order valence-corrected chi connectivity index (χ2v) is 7.07. The molecule has 0 bridgehead atoms. The lowest BCUT2D eigenvalue weighted by Crippen LogP contribution is -2.40. The van der Waals surface area contributed by atoms with Gasteiger partial charge in [0.25, 0.3) is 0 Å². The van der Waals surface area contributed by atoms with Crippen LogP contribution in [0.4, 0.5) is 0 Å². The van der Waals surface area contributed by atoms with Crippen LogP contribution in [0.2, 0.25) is 0 Å². The number of ether oxygens (including phenoxy) is 1. The molecule has 0 radical (unpaired) electrons. The zero-order chi connectivity index (χ0) is 14.5. The summed E-state index contributed by atoms with van der Waals surface area (Å²) in [6.07, 6.45) is 11.7. The third-order valence-corrected chi connectivity index (χ3v) is 5.75. The standard InChI is InChI=1S/C20H30O/c1-2-8-19-18-12-7-6-11-17(18)13-14-20(19)21-15-16-9-4-3-5-10-16/h3-5,9-10,17-20H,2,6-8,11-15H2,1H3. The fourth-order valence-electron chi connectivity index (χ4n) is 4.74. The Labute approximate surface area is 130 Å². The molecule has 0 heterocycles. The lowest BCUT2D eigenvalue weighted by atomic mass is 9.63. The maximum atomic E-state index is 6.38. The van der Waals surface area contributed by atoms with E-state index in [1.165, 1.54) is 56.9 Å². The highest BCUT2D eigenvalue weighted by molar-refractivity contribution is 5.13. The van der Waals surface area contributed by atoms with E-state index >= 15 is 0 Å². The smallest absolute Gasteiger partial charge is 0.0720 e. The summed E-state index contributed by atoms with van der Waals surface area (Å²) in [5.74, 6) is 2.78. The predicted molar refractivity (Wildman–Crippen MR) is 88.1 cm³/mol. The van der Waals surface area contributed by atoms with E-state index < -0.39 is 0 Å². The zero-order valence-corrected chi connectivity index (χ0v) is 13.5. The molecule has 0 N–H and O–H groups in total. The Morgan fingerprint density at radius 2 is 1.81 bits per heavy atom. The summed E-state index contributed by atoms with van der Waals surface area (Å²) in [6, 6.07) is 10.7. The number of fused-ring (bicyclic) bond motifs is 1. The van der Waals surface area contributed by atoms with Gasteiger partial charge in [0.2, 0.25) is 0 Å². The van der Waals surface area contributed by atoms with Gasteiger partial charge in [-0.25, -0.2) is 0 Å². The maximum Gasteiger partial charge on any atom is 0.0720 e. The molecule has 4 unspecified atom stereocenters. The van der Waals surface area contributed by atoms with Gasteiger partial charge in [-0.15, -0.1) is 0 Å². The van der Waals surface area contributed by atoms with Gasteiger partial charge in [0.1, 0.15) is 0 Å². The number of hydrogen-bond acceptors (Lipinski definition) is 1. The van der Waals surface area contributed by atoms with Gasteiger partial charge < -0.3 is 4.74 Å². The van der Waals surface area contributed by atoms with Gasteiger partial charge in [-0.2, -0.15) is 0 Å². The Morgan fingerprint density at radius 1 is 1.00 bits per heavy atom. The van der Waals surface area contributed by atoms with Crippen molar-refractivity contribution in [3.63, 3.8) is 0 Å². The summed E-state index contributed by atoms with van der Waals surface area (Å²) >= 11 is 0. The van der Waals surface area contributed by atoms with Crippen molar-refractivity contribution in [2.45, 2.75) is 71.0 Å². The summed E-state index contributed by atoms with van der Waals surface area (Å²) in [4.78, 5) is 0. The third kappa shape index (κ3) is 3.69. The highest BCUT2D eigenvalue weighted by Crippen LogP contribution is 2.46. The van der Waals surface area contributed by atoms with Gasteiger partial charge in [-0.3, -0.25) is 0 Å². The minimum absolute atomic E-state index is 0.504. The second-order valence-electron chi connectivity index (χ2n) is 7.07. The average Bonchev–Trinajstić information content (AvgIpc) is 2.55. The SMILES string of the molecule is CCCC1C(OCc2ccccc2)CCC2CCCCC21. The van der Waals surface area contributed by atoms with Crippen LogP contribution < -0.4 is 0 Å². The van der Waals surface area contributed by atoms with Crippen molar-refractivity contribution in [1.29, 1.82) is 0 Å². The van der Waals surface area contributed by atoms with Crippen molar-refractivity contribution in [2.24, 2.45) is 17.8 Å². The van der Waals surface area contributed by atoms with Crippen molar-refractivity contribution in [3.05, 3.63) is 35.9 Å². The lowest BCUT2D eigenvalue weighted by molar-refractivity contribution is -0.0723. The van der Waals surface area contributed by atoms with Crippen LogP contribution >= 0.6 is 0 Å². The normalized spacial score (nSPS) is 32.6. The van der Waals surface area contributed by atoms with Gasteiger partial charge in [-0.05, 0) is 49.0 Å². The Bertz CT molecular complexity index is 413. The molecular weight excluding hydrogens is 256 g/mol. The molecule has 21 heavy (non-hydrogen) atoms. The molecule has 4 atom stereocenters. The molecule has 1 aromatic rings. The Kier molecular flexibility index (Phi) is 5.35. The average molecular weight is 286 g/mol. The Balaban J connectivity index is 1.62. The summed E-state index contributed by atoms with van der Waals surface area (Å²) in [6.45, 7) is 3.13. The van der Waals surface area contributed by atoms with E-state index in [4.69, 9.17) is 4.74 Å². The highest BCUT2D eigenvalue weighted by atomic mass is 16.5. The van der Waals surface area contributed by atoms with Crippen molar-refractivity contribution < 1.29 is 4.74 Å². The van der Waals surface area contributed by atoms with Crippen molar-refractivity contribution in [3.8, 4) is 0 Å². The monoisotopic (exact) mass is 286 g/mol. The highest BCUT2D eigenvalue weighted by Gasteiger charge is 2.40. The van der Waals surface area contributed by atoms with Crippen LogP contribution in [0.5, 0.6) is 0 Å². The van der Waals surface area contributed by atoms with Crippen molar-refractivity contribution >= 4 is 0 Å². The van der Waals surface area contributed by atoms with E-state index in [1.54, 1.807) is 0 Å². The summed E-state index contributed by atoms with van der Waals surface area (Å²) in [5, 5.41) is 0. The number of benzene rings is 1. The lowest BCUT2D eigenvalue weighted by Gasteiger charge is -2.45. The van der Waals surface area contributed by atoms with E-state index in [1.807, 2.05) is 0 Å². The predicted octanol–water partition coefficient (Wildman–Crippen LogP) is 5.59. The fraction of sp³-hybridized carbons (Fsp3) is 0.700. The Hall–Kier alpha value is -0.820. The van der Waals surface area contributed by atoms with E-state index in [2.05, 4.69) is 37.3 Å². The molecule has 1 aromatic carbocycles. The first-order chi connectivity index (χ1) is 10.4. The van der Waals surface area contributed by atoms with E-state index in [0.29, 0.717) is 6.10 Å². The van der Waals surface area contributed by atoms with Crippen LogP contribution in [0.1, 0.15) is 63.9 Å². The second kappa shape index (κ2) is 7.45. The maximum absolute atomic E-state index is 6.38. The molecule has 2 fully saturated rings. The molecule has 2 aliphatic carbocycles. The largest absolute Gasteiger partial charge is 0.373 e. The number of hydrogen-bond donors (Lipinski definition) is 0. The Morgan fingerprint density at radius 3 is 2.62 bits per heavy atom. The zero-order valence-electron chi connectivity index (χ0n) is 13.5. The first kappa shape index (κ1) is 15.1. The molecule has 0 saturated heterocycles. The van der Waals surface area contributed by atoms with E-state index in [0.717, 1.165) is 24.4 Å².